The third kappa shape index (κ3) is 16.2. The Morgan fingerprint density at radius 1 is 1.00 bits per heavy atom. The van der Waals surface area contributed by atoms with Crippen molar-refractivity contribution in [2.24, 2.45) is 0 Å². The maximum absolute atomic E-state index is 9.77. The third-order valence-corrected chi connectivity index (χ3v) is 0.805. The first-order chi connectivity index (χ1) is 6.46. The largest absolute Gasteiger partial charge is 1.00 e. The third-order valence-electron chi connectivity index (χ3n) is 0.805. The average Bonchev–Trinajstić information content (AvgIpc) is 1.98. The number of aliphatic carboxylic acids is 2. The van der Waals surface area contributed by atoms with Crippen LogP contribution in [0, 0.1) is 0 Å². The molecule has 0 aliphatic carbocycles. The molecule has 90 valence electrons. The Balaban J connectivity index is -0.000000242. The molecule has 2 atom stereocenters. The SMILES string of the molecule is O=C(O)C(O)C(O)C(=O)O.O=S(=O)([O-])O.[Na+]. The molecule has 0 heterocycles. The predicted octanol–water partition coefficient (Wildman–Crippen LogP) is -6.11. The minimum Gasteiger partial charge on any atom is -0.726 e. The summed E-state index contributed by atoms with van der Waals surface area (Å²) in [5.41, 5.74) is 0. The van der Waals surface area contributed by atoms with E-state index >= 15 is 0 Å². The Hall–Kier alpha value is -0.270. The van der Waals surface area contributed by atoms with Crippen LogP contribution in [-0.2, 0) is 20.0 Å². The molecule has 2 unspecified atom stereocenters. The number of aliphatic hydroxyl groups excluding tert-OH is 2. The smallest absolute Gasteiger partial charge is 0.726 e. The average molecular weight is 270 g/mol. The van der Waals surface area contributed by atoms with Gasteiger partial charge in [-0.15, -0.1) is 0 Å². The molecular weight excluding hydrogens is 263 g/mol. The fourth-order valence-electron chi connectivity index (χ4n) is 0.270. The molecule has 0 aromatic heterocycles. The van der Waals surface area contributed by atoms with Crippen molar-refractivity contribution in [3.8, 4) is 0 Å². The van der Waals surface area contributed by atoms with Gasteiger partial charge in [0.25, 0.3) is 0 Å². The van der Waals surface area contributed by atoms with E-state index in [4.69, 9.17) is 37.9 Å². The van der Waals surface area contributed by atoms with Crippen LogP contribution >= 0.6 is 0 Å². The number of carbonyl (C=O) groups is 2. The summed E-state index contributed by atoms with van der Waals surface area (Å²) in [5.74, 6) is -3.54. The molecule has 0 saturated heterocycles. The zero-order chi connectivity index (χ0) is 12.8. The Labute approximate surface area is 111 Å². The molecule has 0 saturated carbocycles. The van der Waals surface area contributed by atoms with E-state index in [1.807, 2.05) is 0 Å². The second kappa shape index (κ2) is 8.83. The molecule has 0 radical (unpaired) electrons. The van der Waals surface area contributed by atoms with Crippen molar-refractivity contribution < 1.29 is 77.1 Å². The molecule has 0 rings (SSSR count). The van der Waals surface area contributed by atoms with Gasteiger partial charge in [-0.2, -0.15) is 0 Å². The van der Waals surface area contributed by atoms with Crippen molar-refractivity contribution in [3.63, 3.8) is 0 Å². The van der Waals surface area contributed by atoms with Gasteiger partial charge < -0.3 is 25.0 Å². The number of aliphatic hydroxyl groups is 2. The van der Waals surface area contributed by atoms with Gasteiger partial charge in [0.2, 0.25) is 10.4 Å². The van der Waals surface area contributed by atoms with E-state index in [1.165, 1.54) is 0 Å². The summed E-state index contributed by atoms with van der Waals surface area (Å²) in [6.45, 7) is 0. The monoisotopic (exact) mass is 270 g/mol. The quantitative estimate of drug-likeness (QED) is 0.187. The molecule has 0 aromatic carbocycles. The zero-order valence-electron chi connectivity index (χ0n) is 7.84. The normalized spacial score (nSPS) is 13.5. The first-order valence-corrected chi connectivity index (χ1v) is 4.33. The molecule has 12 heteroatoms. The van der Waals surface area contributed by atoms with Gasteiger partial charge in [-0.25, -0.2) is 18.0 Å². The zero-order valence-corrected chi connectivity index (χ0v) is 10.7. The van der Waals surface area contributed by atoms with Gasteiger partial charge in [-0.1, -0.05) is 0 Å². The second-order valence-corrected chi connectivity index (χ2v) is 2.85. The minimum absolute atomic E-state index is 0. The first kappa shape index (κ1) is 21.1. The maximum Gasteiger partial charge on any atom is 1.00 e. The van der Waals surface area contributed by atoms with Gasteiger partial charge in [-0.05, 0) is 0 Å². The van der Waals surface area contributed by atoms with Crippen molar-refractivity contribution in [3.05, 3.63) is 0 Å². The van der Waals surface area contributed by atoms with Crippen LogP contribution in [-0.4, -0.2) is 62.1 Å². The Morgan fingerprint density at radius 2 is 1.12 bits per heavy atom. The molecule has 0 amide bonds. The van der Waals surface area contributed by atoms with Gasteiger partial charge in [0.15, 0.2) is 12.2 Å². The van der Waals surface area contributed by atoms with E-state index in [2.05, 4.69) is 0 Å². The molecular formula is C4H7NaO10S. The van der Waals surface area contributed by atoms with E-state index in [0.717, 1.165) is 0 Å². The van der Waals surface area contributed by atoms with Crippen LogP contribution in [0.5, 0.6) is 0 Å². The van der Waals surface area contributed by atoms with E-state index < -0.39 is 34.5 Å². The predicted molar refractivity (Wildman–Crippen MR) is 39.6 cm³/mol. The fraction of sp³-hybridized carbons (Fsp3) is 0.500. The standard InChI is InChI=1S/C4H6O6.Na.H2O4S/c5-1(3(7)8)2(6)4(9)10;;1-5(2,3)4/h1-2,5-6H,(H,7,8)(H,9,10);;(H2,1,2,3,4)/q;+1;/p-1. The number of hydrogen-bond donors (Lipinski definition) is 5. The van der Waals surface area contributed by atoms with Gasteiger partial charge >= 0.3 is 41.5 Å². The van der Waals surface area contributed by atoms with Crippen molar-refractivity contribution in [1.29, 1.82) is 0 Å². The first-order valence-electron chi connectivity index (χ1n) is 2.97. The maximum atomic E-state index is 9.77. The van der Waals surface area contributed by atoms with E-state index in [1.54, 1.807) is 0 Å². The number of rotatable bonds is 3. The Morgan fingerprint density at radius 3 is 1.19 bits per heavy atom. The summed E-state index contributed by atoms with van der Waals surface area (Å²) in [7, 11) is -4.92. The summed E-state index contributed by atoms with van der Waals surface area (Å²) < 4.78 is 32.8. The summed E-state index contributed by atoms with van der Waals surface area (Å²) in [6, 6.07) is 0. The molecule has 5 N–H and O–H groups in total. The molecule has 10 nitrogen and oxygen atoms in total. The molecule has 0 aliphatic rings. The molecule has 16 heavy (non-hydrogen) atoms. The fourth-order valence-corrected chi connectivity index (χ4v) is 0.270. The summed E-state index contributed by atoms with van der Waals surface area (Å²) in [5, 5.41) is 32.5. The molecule has 0 spiro atoms. The van der Waals surface area contributed by atoms with Gasteiger partial charge in [0.1, 0.15) is 0 Å². The van der Waals surface area contributed by atoms with Crippen LogP contribution in [0.3, 0.4) is 0 Å². The van der Waals surface area contributed by atoms with Crippen LogP contribution in [0.1, 0.15) is 0 Å². The van der Waals surface area contributed by atoms with E-state index in [9.17, 15) is 9.59 Å². The minimum atomic E-state index is -4.92. The topological polar surface area (TPSA) is 192 Å². The Bertz CT molecular complexity index is 296. The number of hydrogen-bond acceptors (Lipinski definition) is 7. The molecule has 0 aromatic rings. The van der Waals surface area contributed by atoms with Crippen molar-refractivity contribution in [2.75, 3.05) is 0 Å². The molecule has 0 aliphatic heterocycles. The number of carboxylic acids is 2. The van der Waals surface area contributed by atoms with Crippen molar-refractivity contribution >= 4 is 22.3 Å². The van der Waals surface area contributed by atoms with Crippen molar-refractivity contribution in [2.45, 2.75) is 12.2 Å². The van der Waals surface area contributed by atoms with E-state index in [0.29, 0.717) is 0 Å². The second-order valence-electron chi connectivity index (χ2n) is 1.99. The Kier molecular flexibility index (Phi) is 11.6. The molecule has 0 bridgehead atoms. The molecule has 0 fully saturated rings. The summed E-state index contributed by atoms with van der Waals surface area (Å²) in [6.07, 6.45) is -4.53. The van der Waals surface area contributed by atoms with Crippen molar-refractivity contribution in [1.82, 2.24) is 0 Å². The van der Waals surface area contributed by atoms with Gasteiger partial charge in [-0.3, -0.25) is 4.55 Å². The van der Waals surface area contributed by atoms with Crippen LogP contribution in [0.2, 0.25) is 0 Å². The summed E-state index contributed by atoms with van der Waals surface area (Å²) in [4.78, 5) is 19.5. The van der Waals surface area contributed by atoms with Gasteiger partial charge in [0.05, 0.1) is 0 Å². The van der Waals surface area contributed by atoms with Crippen LogP contribution in [0.15, 0.2) is 0 Å². The van der Waals surface area contributed by atoms with Crippen LogP contribution in [0.25, 0.3) is 0 Å². The van der Waals surface area contributed by atoms with Crippen LogP contribution < -0.4 is 29.6 Å². The van der Waals surface area contributed by atoms with Gasteiger partial charge in [0, 0.05) is 0 Å². The van der Waals surface area contributed by atoms with Crippen LogP contribution in [0.4, 0.5) is 0 Å². The number of carboxylic acid groups (broad SMARTS) is 2. The summed E-state index contributed by atoms with van der Waals surface area (Å²) >= 11 is 0. The van der Waals surface area contributed by atoms with E-state index in [-0.39, 0.29) is 29.6 Å².